The topological polar surface area (TPSA) is 78.4 Å². The van der Waals surface area contributed by atoms with Crippen LogP contribution in [0.5, 0.6) is 11.5 Å². The summed E-state index contributed by atoms with van der Waals surface area (Å²) in [5.74, 6) is 0.00825. The predicted octanol–water partition coefficient (Wildman–Crippen LogP) is 5.12. The van der Waals surface area contributed by atoms with Gasteiger partial charge >= 0.3 is 11.9 Å². The summed E-state index contributed by atoms with van der Waals surface area (Å²) in [4.78, 5) is 31.9. The van der Waals surface area contributed by atoms with E-state index in [2.05, 4.69) is 15.9 Å². The van der Waals surface area contributed by atoms with Gasteiger partial charge in [0.15, 0.2) is 11.5 Å². The summed E-state index contributed by atoms with van der Waals surface area (Å²) in [5.41, 5.74) is 2.60. The monoisotopic (exact) mass is 464 g/mol. The second-order valence-corrected chi connectivity index (χ2v) is 7.59. The van der Waals surface area contributed by atoms with Gasteiger partial charge in [0.2, 0.25) is 0 Å². The molecule has 0 saturated carbocycles. The van der Waals surface area contributed by atoms with Gasteiger partial charge in [-0.15, -0.1) is 0 Å². The summed E-state index contributed by atoms with van der Waals surface area (Å²) in [6.45, 7) is 2.71. The highest BCUT2D eigenvalue weighted by Crippen LogP contribution is 2.34. The molecule has 30 heavy (non-hydrogen) atoms. The van der Waals surface area contributed by atoms with Crippen LogP contribution in [0.4, 0.5) is 0 Å². The SMILES string of the molecule is CC(=O)Oc1cccc2ccc(C(Br)c3ccc4cccc(OC(C)=O)c4n3)nc12. The molecule has 0 N–H and O–H groups in total. The largest absolute Gasteiger partial charge is 0.424 e. The standard InChI is InChI=1S/C23H17BrN2O4/c1-13(27)29-19-7-3-5-15-9-11-17(25-22(15)19)21(24)18-12-10-16-6-4-8-20(23(16)26-18)30-14(2)28/h3-12,21H,1-2H3. The number of aromatic nitrogens is 2. The van der Waals surface area contributed by atoms with Crippen LogP contribution in [0.3, 0.4) is 0 Å². The van der Waals surface area contributed by atoms with Crippen molar-refractivity contribution in [3.05, 3.63) is 72.1 Å². The number of rotatable bonds is 4. The molecule has 0 unspecified atom stereocenters. The molecule has 0 aliphatic heterocycles. The van der Waals surface area contributed by atoms with Crippen molar-refractivity contribution in [1.29, 1.82) is 0 Å². The molecule has 7 heteroatoms. The summed E-state index contributed by atoms with van der Waals surface area (Å²) >= 11 is 3.68. The summed E-state index contributed by atoms with van der Waals surface area (Å²) in [5, 5.41) is 1.72. The molecule has 2 heterocycles. The van der Waals surface area contributed by atoms with Crippen molar-refractivity contribution in [2.45, 2.75) is 18.7 Å². The van der Waals surface area contributed by atoms with Crippen LogP contribution in [0, 0.1) is 0 Å². The van der Waals surface area contributed by atoms with E-state index in [4.69, 9.17) is 19.4 Å². The van der Waals surface area contributed by atoms with Crippen LogP contribution in [0.15, 0.2) is 60.7 Å². The lowest BCUT2D eigenvalue weighted by atomic mass is 10.1. The molecule has 2 aromatic carbocycles. The lowest BCUT2D eigenvalue weighted by molar-refractivity contribution is -0.132. The highest BCUT2D eigenvalue weighted by atomic mass is 79.9. The van der Waals surface area contributed by atoms with E-state index in [1.807, 2.05) is 48.5 Å². The molecule has 2 aromatic heterocycles. The van der Waals surface area contributed by atoms with Crippen molar-refractivity contribution in [1.82, 2.24) is 9.97 Å². The molecule has 0 atom stereocenters. The number of benzene rings is 2. The quantitative estimate of drug-likeness (QED) is 0.237. The van der Waals surface area contributed by atoms with Gasteiger partial charge in [-0.3, -0.25) is 9.59 Å². The minimum absolute atomic E-state index is 0.318. The Hall–Kier alpha value is -3.32. The number of fused-ring (bicyclic) bond motifs is 2. The smallest absolute Gasteiger partial charge is 0.308 e. The average molecular weight is 465 g/mol. The highest BCUT2D eigenvalue weighted by Gasteiger charge is 2.17. The number of hydrogen-bond donors (Lipinski definition) is 0. The Bertz CT molecular complexity index is 1190. The number of esters is 2. The number of hydrogen-bond acceptors (Lipinski definition) is 6. The zero-order valence-electron chi connectivity index (χ0n) is 16.3. The fraction of sp³-hybridized carbons (Fsp3) is 0.130. The summed E-state index contributed by atoms with van der Waals surface area (Å²) < 4.78 is 10.6. The molecule has 0 radical (unpaired) electrons. The van der Waals surface area contributed by atoms with Crippen LogP contribution in [-0.2, 0) is 9.59 Å². The predicted molar refractivity (Wildman–Crippen MR) is 117 cm³/mol. The maximum atomic E-state index is 11.4. The third-order valence-corrected chi connectivity index (χ3v) is 5.37. The first-order valence-electron chi connectivity index (χ1n) is 9.22. The van der Waals surface area contributed by atoms with Crippen LogP contribution in [0.2, 0.25) is 0 Å². The van der Waals surface area contributed by atoms with Crippen molar-refractivity contribution >= 4 is 49.7 Å². The molecule has 0 saturated heterocycles. The molecule has 4 rings (SSSR count). The summed E-state index contributed by atoms with van der Waals surface area (Å²) in [6, 6.07) is 18.5. The first-order chi connectivity index (χ1) is 14.4. The Labute approximate surface area is 181 Å². The number of pyridine rings is 2. The van der Waals surface area contributed by atoms with Crippen LogP contribution < -0.4 is 9.47 Å². The molecule has 0 aliphatic carbocycles. The van der Waals surface area contributed by atoms with Crippen molar-refractivity contribution in [2.24, 2.45) is 0 Å². The Morgan fingerprint density at radius 2 is 1.17 bits per heavy atom. The van der Waals surface area contributed by atoms with Crippen LogP contribution in [-0.4, -0.2) is 21.9 Å². The fourth-order valence-electron chi connectivity index (χ4n) is 3.18. The Kier molecular flexibility index (Phi) is 5.46. The zero-order valence-corrected chi connectivity index (χ0v) is 17.8. The molecule has 0 fully saturated rings. The van der Waals surface area contributed by atoms with E-state index in [9.17, 15) is 9.59 Å². The number of nitrogens with zero attached hydrogens (tertiary/aromatic N) is 2. The van der Waals surface area contributed by atoms with Gasteiger partial charge in [0, 0.05) is 24.6 Å². The highest BCUT2D eigenvalue weighted by molar-refractivity contribution is 9.09. The molecular formula is C23H17BrN2O4. The fourth-order valence-corrected chi connectivity index (χ4v) is 3.69. The van der Waals surface area contributed by atoms with E-state index in [0.29, 0.717) is 33.9 Å². The van der Waals surface area contributed by atoms with Gasteiger partial charge in [-0.2, -0.15) is 0 Å². The summed E-state index contributed by atoms with van der Waals surface area (Å²) in [6.07, 6.45) is 0. The zero-order chi connectivity index (χ0) is 21.3. The van der Waals surface area contributed by atoms with Gasteiger partial charge < -0.3 is 9.47 Å². The van der Waals surface area contributed by atoms with E-state index in [1.165, 1.54) is 13.8 Å². The van der Waals surface area contributed by atoms with E-state index >= 15 is 0 Å². The maximum absolute atomic E-state index is 11.4. The maximum Gasteiger partial charge on any atom is 0.308 e. The van der Waals surface area contributed by atoms with Crippen molar-refractivity contribution < 1.29 is 19.1 Å². The Balaban J connectivity index is 1.77. The first-order valence-corrected chi connectivity index (χ1v) is 10.1. The third kappa shape index (κ3) is 4.02. The molecule has 150 valence electrons. The van der Waals surface area contributed by atoms with Crippen LogP contribution in [0.1, 0.15) is 30.1 Å². The number of carbonyl (C=O) groups is 2. The lowest BCUT2D eigenvalue weighted by Crippen LogP contribution is -2.05. The molecule has 4 aromatic rings. The molecule has 0 amide bonds. The minimum Gasteiger partial charge on any atom is -0.424 e. The van der Waals surface area contributed by atoms with E-state index in [-0.39, 0.29) is 4.83 Å². The van der Waals surface area contributed by atoms with E-state index < -0.39 is 11.9 Å². The number of halogens is 1. The van der Waals surface area contributed by atoms with Crippen LogP contribution in [0.25, 0.3) is 21.8 Å². The number of alkyl halides is 1. The Morgan fingerprint density at radius 1 is 0.733 bits per heavy atom. The second kappa shape index (κ2) is 8.20. The molecule has 0 aliphatic rings. The molecule has 6 nitrogen and oxygen atoms in total. The molecule has 0 bridgehead atoms. The average Bonchev–Trinajstić information content (AvgIpc) is 2.72. The number of ether oxygens (including phenoxy) is 2. The normalized spacial score (nSPS) is 11.1. The summed E-state index contributed by atoms with van der Waals surface area (Å²) in [7, 11) is 0. The molecule has 0 spiro atoms. The molecular weight excluding hydrogens is 448 g/mol. The lowest BCUT2D eigenvalue weighted by Gasteiger charge is -2.13. The first kappa shape index (κ1) is 20.0. The van der Waals surface area contributed by atoms with Crippen molar-refractivity contribution in [2.75, 3.05) is 0 Å². The van der Waals surface area contributed by atoms with Gasteiger partial charge in [-0.25, -0.2) is 9.97 Å². The Morgan fingerprint density at radius 3 is 1.57 bits per heavy atom. The van der Waals surface area contributed by atoms with E-state index in [0.717, 1.165) is 10.8 Å². The van der Waals surface area contributed by atoms with Gasteiger partial charge in [-0.05, 0) is 24.3 Å². The van der Waals surface area contributed by atoms with Gasteiger partial charge in [0.05, 0.1) is 16.2 Å². The number of carbonyl (C=O) groups excluding carboxylic acids is 2. The van der Waals surface area contributed by atoms with Gasteiger partial charge in [0.1, 0.15) is 11.0 Å². The number of para-hydroxylation sites is 2. The minimum atomic E-state index is -0.403. The van der Waals surface area contributed by atoms with Gasteiger partial charge in [-0.1, -0.05) is 52.3 Å². The van der Waals surface area contributed by atoms with Crippen molar-refractivity contribution in [3.63, 3.8) is 0 Å². The van der Waals surface area contributed by atoms with E-state index in [1.54, 1.807) is 12.1 Å². The van der Waals surface area contributed by atoms with Gasteiger partial charge in [0.25, 0.3) is 0 Å². The van der Waals surface area contributed by atoms with Crippen LogP contribution >= 0.6 is 15.9 Å². The van der Waals surface area contributed by atoms with Crippen molar-refractivity contribution in [3.8, 4) is 11.5 Å². The second-order valence-electron chi connectivity index (χ2n) is 6.68. The third-order valence-electron chi connectivity index (χ3n) is 4.44.